The quantitative estimate of drug-likeness (QED) is 0.874. The normalized spacial score (nSPS) is 24.0. The van der Waals surface area contributed by atoms with E-state index in [0.29, 0.717) is 17.7 Å². The van der Waals surface area contributed by atoms with Crippen molar-refractivity contribution in [1.82, 2.24) is 24.6 Å². The molecule has 0 radical (unpaired) electrons. The highest BCUT2D eigenvalue weighted by molar-refractivity contribution is 5.79. The monoisotopic (exact) mass is 361 g/mol. The number of aromatic nitrogens is 3. The Labute approximate surface area is 155 Å². The minimum absolute atomic E-state index is 0.144. The van der Waals surface area contributed by atoms with Crippen LogP contribution >= 0.6 is 0 Å². The van der Waals surface area contributed by atoms with E-state index in [0.717, 1.165) is 82.9 Å². The number of piperidine rings is 2. The Balaban J connectivity index is 1.32. The Hall–Kier alpha value is -1.47. The summed E-state index contributed by atoms with van der Waals surface area (Å²) in [5.41, 5.74) is 0. The maximum Gasteiger partial charge on any atom is 0.225 e. The van der Waals surface area contributed by atoms with Crippen LogP contribution in [0.25, 0.3) is 0 Å². The van der Waals surface area contributed by atoms with E-state index in [1.54, 1.807) is 0 Å². The molecule has 7 heteroatoms. The summed E-state index contributed by atoms with van der Waals surface area (Å²) in [7, 11) is 2.06. The Bertz CT molecular complexity index is 626. The lowest BCUT2D eigenvalue weighted by molar-refractivity contribution is -0.139. The predicted octanol–water partition coefficient (Wildman–Crippen LogP) is 1.28. The van der Waals surface area contributed by atoms with Gasteiger partial charge in [0, 0.05) is 45.1 Å². The number of hydrogen-bond donors (Lipinski definition) is 1. The standard InChI is InChI=1S/C19H31N5O2/c1-22-17(13-23-9-7-16(25)8-10-23)20-21-18(22)14-5-11-24(12-6-14)19(26)15-3-2-4-15/h14-16,25H,2-13H2,1H3. The lowest BCUT2D eigenvalue weighted by atomic mass is 9.83. The lowest BCUT2D eigenvalue weighted by Crippen LogP contribution is -2.43. The van der Waals surface area contributed by atoms with Gasteiger partial charge in [-0.15, -0.1) is 10.2 Å². The van der Waals surface area contributed by atoms with Gasteiger partial charge in [-0.05, 0) is 38.5 Å². The van der Waals surface area contributed by atoms with Crippen molar-refractivity contribution in [2.45, 2.75) is 63.5 Å². The summed E-state index contributed by atoms with van der Waals surface area (Å²) < 4.78 is 2.15. The highest BCUT2D eigenvalue weighted by Gasteiger charge is 2.33. The molecule has 3 heterocycles. The van der Waals surface area contributed by atoms with Gasteiger partial charge in [-0.2, -0.15) is 0 Å². The molecule has 1 N–H and O–H groups in total. The van der Waals surface area contributed by atoms with E-state index in [4.69, 9.17) is 0 Å². The minimum atomic E-state index is -0.144. The number of likely N-dealkylation sites (tertiary alicyclic amines) is 2. The zero-order valence-electron chi connectivity index (χ0n) is 15.8. The largest absolute Gasteiger partial charge is 0.393 e. The van der Waals surface area contributed by atoms with Crippen LogP contribution in [0.2, 0.25) is 0 Å². The summed E-state index contributed by atoms with van der Waals surface area (Å²) in [5, 5.41) is 18.6. The van der Waals surface area contributed by atoms with Gasteiger partial charge in [0.25, 0.3) is 0 Å². The third-order valence-corrected chi connectivity index (χ3v) is 6.55. The molecule has 4 rings (SSSR count). The molecule has 0 spiro atoms. The fraction of sp³-hybridized carbons (Fsp3) is 0.842. The van der Waals surface area contributed by atoms with Crippen molar-refractivity contribution < 1.29 is 9.90 Å². The average Bonchev–Trinajstić information content (AvgIpc) is 2.96. The van der Waals surface area contributed by atoms with E-state index in [1.807, 2.05) is 0 Å². The number of rotatable bonds is 4. The van der Waals surface area contributed by atoms with Gasteiger partial charge in [0.15, 0.2) is 0 Å². The van der Waals surface area contributed by atoms with Crippen LogP contribution in [0.1, 0.15) is 62.5 Å². The van der Waals surface area contributed by atoms with Gasteiger partial charge >= 0.3 is 0 Å². The lowest BCUT2D eigenvalue weighted by Gasteiger charge is -2.36. The Morgan fingerprint density at radius 2 is 1.73 bits per heavy atom. The Morgan fingerprint density at radius 1 is 1.04 bits per heavy atom. The summed E-state index contributed by atoms with van der Waals surface area (Å²) in [5.74, 6) is 3.14. The van der Waals surface area contributed by atoms with E-state index in [2.05, 4.69) is 31.6 Å². The van der Waals surface area contributed by atoms with Gasteiger partial charge in [-0.25, -0.2) is 0 Å². The van der Waals surface area contributed by atoms with Crippen molar-refractivity contribution in [3.8, 4) is 0 Å². The number of amides is 1. The Kier molecular flexibility index (Phi) is 5.27. The number of aliphatic hydroxyl groups excluding tert-OH is 1. The van der Waals surface area contributed by atoms with E-state index >= 15 is 0 Å². The fourth-order valence-corrected chi connectivity index (χ4v) is 4.42. The topological polar surface area (TPSA) is 74.5 Å². The van der Waals surface area contributed by atoms with Crippen molar-refractivity contribution >= 4 is 5.91 Å². The molecule has 7 nitrogen and oxygen atoms in total. The van der Waals surface area contributed by atoms with Crippen molar-refractivity contribution in [3.63, 3.8) is 0 Å². The first kappa shape index (κ1) is 17.9. The molecular weight excluding hydrogens is 330 g/mol. The molecule has 2 aliphatic heterocycles. The molecule has 3 aliphatic rings. The van der Waals surface area contributed by atoms with Crippen LogP contribution in [0.3, 0.4) is 0 Å². The number of carbonyl (C=O) groups excluding carboxylic acids is 1. The van der Waals surface area contributed by atoms with Gasteiger partial charge in [-0.3, -0.25) is 9.69 Å². The summed E-state index contributed by atoms with van der Waals surface area (Å²) in [6.45, 7) is 4.35. The zero-order valence-corrected chi connectivity index (χ0v) is 15.8. The molecule has 26 heavy (non-hydrogen) atoms. The molecule has 1 amide bonds. The first-order chi connectivity index (χ1) is 12.6. The first-order valence-electron chi connectivity index (χ1n) is 10.2. The third kappa shape index (κ3) is 3.64. The number of hydrogen-bond acceptors (Lipinski definition) is 5. The number of nitrogens with zero attached hydrogens (tertiary/aromatic N) is 5. The van der Waals surface area contributed by atoms with E-state index in [1.165, 1.54) is 6.42 Å². The van der Waals surface area contributed by atoms with Crippen molar-refractivity contribution in [1.29, 1.82) is 0 Å². The Morgan fingerprint density at radius 3 is 2.35 bits per heavy atom. The fourth-order valence-electron chi connectivity index (χ4n) is 4.42. The van der Waals surface area contributed by atoms with Gasteiger partial charge in [0.05, 0.1) is 12.6 Å². The second-order valence-corrected chi connectivity index (χ2v) is 8.27. The van der Waals surface area contributed by atoms with Crippen molar-refractivity contribution in [2.75, 3.05) is 26.2 Å². The van der Waals surface area contributed by atoms with Gasteiger partial charge in [-0.1, -0.05) is 6.42 Å². The molecule has 1 aromatic heterocycles. The third-order valence-electron chi connectivity index (χ3n) is 6.55. The molecule has 1 aromatic rings. The van der Waals surface area contributed by atoms with Gasteiger partial charge in [0.2, 0.25) is 5.91 Å². The van der Waals surface area contributed by atoms with Crippen LogP contribution in [0, 0.1) is 5.92 Å². The van der Waals surface area contributed by atoms with Gasteiger partial charge < -0.3 is 14.6 Å². The van der Waals surface area contributed by atoms with Crippen molar-refractivity contribution in [2.24, 2.45) is 13.0 Å². The molecule has 0 unspecified atom stereocenters. The summed E-state index contributed by atoms with van der Waals surface area (Å²) in [6, 6.07) is 0. The summed E-state index contributed by atoms with van der Waals surface area (Å²) in [4.78, 5) is 16.8. The van der Waals surface area contributed by atoms with Crippen LogP contribution in [0.5, 0.6) is 0 Å². The smallest absolute Gasteiger partial charge is 0.225 e. The molecule has 1 aliphatic carbocycles. The second-order valence-electron chi connectivity index (χ2n) is 8.27. The van der Waals surface area contributed by atoms with E-state index < -0.39 is 0 Å². The predicted molar refractivity (Wildman–Crippen MR) is 97.4 cm³/mol. The molecule has 3 fully saturated rings. The number of aliphatic hydroxyl groups is 1. The summed E-state index contributed by atoms with van der Waals surface area (Å²) in [6.07, 6.45) is 6.90. The molecule has 0 aromatic carbocycles. The molecule has 2 saturated heterocycles. The van der Waals surface area contributed by atoms with Crippen LogP contribution in [0.15, 0.2) is 0 Å². The zero-order chi connectivity index (χ0) is 18.1. The van der Waals surface area contributed by atoms with Crippen molar-refractivity contribution in [3.05, 3.63) is 11.6 Å². The summed E-state index contributed by atoms with van der Waals surface area (Å²) >= 11 is 0. The average molecular weight is 361 g/mol. The number of carbonyl (C=O) groups is 1. The van der Waals surface area contributed by atoms with Crippen LogP contribution in [-0.2, 0) is 18.4 Å². The molecular formula is C19H31N5O2. The highest BCUT2D eigenvalue weighted by Crippen LogP contribution is 2.32. The molecule has 144 valence electrons. The maximum atomic E-state index is 12.4. The highest BCUT2D eigenvalue weighted by atomic mass is 16.3. The van der Waals surface area contributed by atoms with E-state index in [9.17, 15) is 9.90 Å². The van der Waals surface area contributed by atoms with Crippen LogP contribution in [-0.4, -0.2) is 67.9 Å². The van der Waals surface area contributed by atoms with Crippen LogP contribution in [0.4, 0.5) is 0 Å². The van der Waals surface area contributed by atoms with Gasteiger partial charge in [0.1, 0.15) is 11.6 Å². The molecule has 0 atom stereocenters. The molecule has 1 saturated carbocycles. The SMILES string of the molecule is Cn1c(CN2CCC(O)CC2)nnc1C1CCN(C(=O)C2CCC2)CC1. The first-order valence-corrected chi connectivity index (χ1v) is 10.2. The second kappa shape index (κ2) is 7.64. The minimum Gasteiger partial charge on any atom is -0.393 e. The van der Waals surface area contributed by atoms with E-state index in [-0.39, 0.29) is 6.10 Å². The molecule has 0 bridgehead atoms. The maximum absolute atomic E-state index is 12.4. The van der Waals surface area contributed by atoms with Crippen LogP contribution < -0.4 is 0 Å².